The van der Waals surface area contributed by atoms with E-state index in [0.29, 0.717) is 22.3 Å². The van der Waals surface area contributed by atoms with Gasteiger partial charge in [-0.05, 0) is 48.5 Å². The first-order valence-corrected chi connectivity index (χ1v) is 13.5. The number of nitrogens with zero attached hydrogens (tertiary/aromatic N) is 2. The molecule has 0 spiro atoms. The monoisotopic (exact) mass is 534 g/mol. The SMILES string of the molecule is COc1ccc(-c2oc3ccccc3c(=O)c2OCC(=O)N2CCN(S(=O)(=O)c3ccccc3)CC2)cc1. The summed E-state index contributed by atoms with van der Waals surface area (Å²) in [5.74, 6) is 0.438. The van der Waals surface area contributed by atoms with Crippen molar-refractivity contribution in [2.75, 3.05) is 39.9 Å². The molecule has 0 bridgehead atoms. The second-order valence-corrected chi connectivity index (χ2v) is 10.6. The molecule has 38 heavy (non-hydrogen) atoms. The lowest BCUT2D eigenvalue weighted by atomic mass is 10.1. The van der Waals surface area contributed by atoms with Crippen LogP contribution >= 0.6 is 0 Å². The summed E-state index contributed by atoms with van der Waals surface area (Å²) in [5, 5.41) is 0.340. The van der Waals surface area contributed by atoms with Gasteiger partial charge in [0.2, 0.25) is 21.2 Å². The van der Waals surface area contributed by atoms with Crippen LogP contribution in [0.5, 0.6) is 11.5 Å². The highest BCUT2D eigenvalue weighted by atomic mass is 32.2. The van der Waals surface area contributed by atoms with Crippen molar-refractivity contribution < 1.29 is 27.1 Å². The van der Waals surface area contributed by atoms with Gasteiger partial charge in [0.25, 0.3) is 5.91 Å². The zero-order chi connectivity index (χ0) is 26.7. The highest BCUT2D eigenvalue weighted by Crippen LogP contribution is 2.32. The van der Waals surface area contributed by atoms with Crippen molar-refractivity contribution in [2.24, 2.45) is 0 Å². The summed E-state index contributed by atoms with van der Waals surface area (Å²) < 4.78 is 44.2. The van der Waals surface area contributed by atoms with Crippen molar-refractivity contribution >= 4 is 26.9 Å². The minimum atomic E-state index is -3.63. The summed E-state index contributed by atoms with van der Waals surface area (Å²) >= 11 is 0. The maximum absolute atomic E-state index is 13.3. The topological polar surface area (TPSA) is 106 Å². The molecule has 0 unspecified atom stereocenters. The van der Waals surface area contributed by atoms with Gasteiger partial charge < -0.3 is 18.8 Å². The van der Waals surface area contributed by atoms with E-state index >= 15 is 0 Å². The molecule has 4 aromatic rings. The molecule has 0 N–H and O–H groups in total. The van der Waals surface area contributed by atoms with Gasteiger partial charge in [0.15, 0.2) is 12.4 Å². The van der Waals surface area contributed by atoms with E-state index in [-0.39, 0.29) is 53.9 Å². The Hall–Kier alpha value is -4.15. The number of sulfonamides is 1. The number of piperazine rings is 1. The number of carbonyl (C=O) groups excluding carboxylic acids is 1. The van der Waals surface area contributed by atoms with Crippen LogP contribution in [0, 0.1) is 0 Å². The predicted octanol–water partition coefficient (Wildman–Crippen LogP) is 3.38. The molecule has 3 aromatic carbocycles. The summed E-state index contributed by atoms with van der Waals surface area (Å²) in [7, 11) is -2.07. The second-order valence-electron chi connectivity index (χ2n) is 8.70. The lowest BCUT2D eigenvalue weighted by Crippen LogP contribution is -2.51. The Labute approximate surface area is 219 Å². The van der Waals surface area contributed by atoms with Crippen molar-refractivity contribution in [3.05, 3.63) is 89.1 Å². The van der Waals surface area contributed by atoms with Gasteiger partial charge in [-0.2, -0.15) is 4.31 Å². The minimum absolute atomic E-state index is 0.0625. The van der Waals surface area contributed by atoms with Crippen LogP contribution < -0.4 is 14.9 Å². The van der Waals surface area contributed by atoms with E-state index in [1.54, 1.807) is 86.0 Å². The Morgan fingerprint density at radius 3 is 2.24 bits per heavy atom. The Bertz CT molecular complexity index is 1610. The average molecular weight is 535 g/mol. The molecule has 0 saturated carbocycles. The van der Waals surface area contributed by atoms with Gasteiger partial charge in [0.05, 0.1) is 17.4 Å². The summed E-state index contributed by atoms with van der Waals surface area (Å²) in [5.41, 5.74) is 0.609. The molecule has 1 fully saturated rings. The first kappa shape index (κ1) is 25.5. The number of hydrogen-bond donors (Lipinski definition) is 0. The number of fused-ring (bicyclic) bond motifs is 1. The molecule has 196 valence electrons. The number of rotatable bonds is 7. The molecule has 0 radical (unpaired) electrons. The van der Waals surface area contributed by atoms with Gasteiger partial charge in [-0.1, -0.05) is 30.3 Å². The Morgan fingerprint density at radius 1 is 0.895 bits per heavy atom. The van der Waals surface area contributed by atoms with E-state index in [0.717, 1.165) is 0 Å². The number of hydrogen-bond acceptors (Lipinski definition) is 7. The van der Waals surface area contributed by atoms with Crippen LogP contribution in [0.4, 0.5) is 0 Å². The molecular weight excluding hydrogens is 508 g/mol. The lowest BCUT2D eigenvalue weighted by molar-refractivity contribution is -0.134. The molecule has 0 atom stereocenters. The van der Waals surface area contributed by atoms with Crippen LogP contribution in [0.25, 0.3) is 22.3 Å². The summed E-state index contributed by atoms with van der Waals surface area (Å²) in [6, 6.07) is 22.0. The normalized spacial score (nSPS) is 14.4. The zero-order valence-corrected chi connectivity index (χ0v) is 21.5. The largest absolute Gasteiger partial charge is 0.497 e. The van der Waals surface area contributed by atoms with E-state index in [4.69, 9.17) is 13.9 Å². The number of amides is 1. The van der Waals surface area contributed by atoms with Crippen molar-refractivity contribution in [1.82, 2.24) is 9.21 Å². The molecule has 1 saturated heterocycles. The van der Waals surface area contributed by atoms with E-state index in [9.17, 15) is 18.0 Å². The maximum Gasteiger partial charge on any atom is 0.260 e. The third kappa shape index (κ3) is 5.00. The molecule has 1 amide bonds. The standard InChI is InChI=1S/C28H26N2O7S/c1-35-21-13-11-20(12-14-21)27-28(26(32)23-9-5-6-10-24(23)37-27)36-19-25(31)29-15-17-30(18-16-29)38(33,34)22-7-3-2-4-8-22/h2-14H,15-19H2,1H3. The van der Waals surface area contributed by atoms with Crippen LogP contribution in [0.2, 0.25) is 0 Å². The molecule has 1 aliphatic rings. The number of benzene rings is 3. The molecule has 1 aliphatic heterocycles. The van der Waals surface area contributed by atoms with Gasteiger partial charge in [-0.15, -0.1) is 0 Å². The Morgan fingerprint density at radius 2 is 1.55 bits per heavy atom. The second kappa shape index (κ2) is 10.7. The van der Waals surface area contributed by atoms with Crippen molar-refractivity contribution in [2.45, 2.75) is 4.90 Å². The van der Waals surface area contributed by atoms with Crippen molar-refractivity contribution in [1.29, 1.82) is 0 Å². The molecule has 9 nitrogen and oxygen atoms in total. The van der Waals surface area contributed by atoms with Gasteiger partial charge >= 0.3 is 0 Å². The van der Waals surface area contributed by atoms with Gasteiger partial charge in [-0.25, -0.2) is 8.42 Å². The molecular formula is C28H26N2O7S. The highest BCUT2D eigenvalue weighted by molar-refractivity contribution is 7.89. The Balaban J connectivity index is 1.33. The van der Waals surface area contributed by atoms with Crippen LogP contribution in [0.3, 0.4) is 0 Å². The summed E-state index contributed by atoms with van der Waals surface area (Å²) in [6.07, 6.45) is 0. The number of para-hydroxylation sites is 1. The number of ether oxygens (including phenoxy) is 2. The quantitative estimate of drug-likeness (QED) is 0.358. The summed E-state index contributed by atoms with van der Waals surface area (Å²) in [4.78, 5) is 28.1. The Kier molecular flexibility index (Phi) is 7.17. The zero-order valence-electron chi connectivity index (χ0n) is 20.7. The molecule has 5 rings (SSSR count). The first-order valence-electron chi connectivity index (χ1n) is 12.0. The fourth-order valence-electron chi connectivity index (χ4n) is 4.33. The third-order valence-electron chi connectivity index (χ3n) is 6.42. The smallest absolute Gasteiger partial charge is 0.260 e. The van der Waals surface area contributed by atoms with Crippen molar-refractivity contribution in [3.8, 4) is 22.8 Å². The molecule has 10 heteroatoms. The molecule has 2 heterocycles. The number of carbonyl (C=O) groups is 1. The van der Waals surface area contributed by atoms with Crippen LogP contribution in [0.15, 0.2) is 93.0 Å². The van der Waals surface area contributed by atoms with Crippen LogP contribution in [0.1, 0.15) is 0 Å². The third-order valence-corrected chi connectivity index (χ3v) is 8.33. The average Bonchev–Trinajstić information content (AvgIpc) is 2.97. The fourth-order valence-corrected chi connectivity index (χ4v) is 5.78. The van der Waals surface area contributed by atoms with Crippen molar-refractivity contribution in [3.63, 3.8) is 0 Å². The first-order chi connectivity index (χ1) is 18.4. The van der Waals surface area contributed by atoms with Crippen LogP contribution in [-0.2, 0) is 14.8 Å². The molecule has 1 aromatic heterocycles. The lowest BCUT2D eigenvalue weighted by Gasteiger charge is -2.34. The minimum Gasteiger partial charge on any atom is -0.497 e. The molecule has 0 aliphatic carbocycles. The van der Waals surface area contributed by atoms with E-state index < -0.39 is 16.6 Å². The highest BCUT2D eigenvalue weighted by Gasteiger charge is 2.30. The predicted molar refractivity (Wildman–Crippen MR) is 142 cm³/mol. The number of methoxy groups -OCH3 is 1. The van der Waals surface area contributed by atoms with E-state index in [2.05, 4.69) is 0 Å². The summed E-state index contributed by atoms with van der Waals surface area (Å²) in [6.45, 7) is 0.367. The van der Waals surface area contributed by atoms with E-state index in [1.807, 2.05) is 0 Å². The van der Waals surface area contributed by atoms with Gasteiger partial charge in [0, 0.05) is 31.7 Å². The maximum atomic E-state index is 13.3. The van der Waals surface area contributed by atoms with Gasteiger partial charge in [-0.3, -0.25) is 9.59 Å². The van der Waals surface area contributed by atoms with Crippen LogP contribution in [-0.4, -0.2) is 63.4 Å². The van der Waals surface area contributed by atoms with Gasteiger partial charge in [0.1, 0.15) is 11.3 Å². The van der Waals surface area contributed by atoms with E-state index in [1.165, 1.54) is 9.21 Å². The fraction of sp³-hybridized carbons (Fsp3) is 0.214.